The molecular formula is C14H17NO3S. The predicted molar refractivity (Wildman–Crippen MR) is 77.4 cm³/mol. The molecule has 0 aliphatic rings. The largest absolute Gasteiger partial charge is 0.480 e. The third-order valence-electron chi connectivity index (χ3n) is 2.53. The summed E-state index contributed by atoms with van der Waals surface area (Å²) in [7, 11) is 0. The molecule has 0 fully saturated rings. The summed E-state index contributed by atoms with van der Waals surface area (Å²) in [5, 5.41) is 11.4. The second-order valence-electron chi connectivity index (χ2n) is 4.02. The van der Waals surface area contributed by atoms with Crippen LogP contribution in [0.1, 0.15) is 22.3 Å². The van der Waals surface area contributed by atoms with Gasteiger partial charge in [-0.25, -0.2) is 4.79 Å². The minimum absolute atomic E-state index is 0.200. The summed E-state index contributed by atoms with van der Waals surface area (Å²) in [6.45, 7) is 3.48. The van der Waals surface area contributed by atoms with E-state index in [0.29, 0.717) is 5.56 Å². The molecule has 1 aromatic carbocycles. The number of rotatable bonds is 7. The highest BCUT2D eigenvalue weighted by Gasteiger charge is 2.18. The van der Waals surface area contributed by atoms with Crippen molar-refractivity contribution in [2.45, 2.75) is 18.2 Å². The van der Waals surface area contributed by atoms with Gasteiger partial charge in [-0.1, -0.05) is 18.2 Å². The van der Waals surface area contributed by atoms with E-state index >= 15 is 0 Å². The minimum atomic E-state index is -1.06. The van der Waals surface area contributed by atoms with Gasteiger partial charge in [-0.2, -0.15) is 11.8 Å². The number of hydrogen-bond donors (Lipinski definition) is 2. The van der Waals surface area contributed by atoms with E-state index < -0.39 is 12.0 Å². The first-order valence-electron chi connectivity index (χ1n) is 5.81. The van der Waals surface area contributed by atoms with Gasteiger partial charge in [-0.05, 0) is 30.4 Å². The number of carbonyl (C=O) groups is 2. The molecule has 1 rings (SSSR count). The SMILES string of the molecule is C=CCC(NC(=O)c1ccc(CSC)cc1)C(=O)O. The van der Waals surface area contributed by atoms with Crippen LogP contribution in [-0.2, 0) is 10.5 Å². The highest BCUT2D eigenvalue weighted by molar-refractivity contribution is 7.97. The quantitative estimate of drug-likeness (QED) is 0.752. The Morgan fingerprint density at radius 1 is 1.42 bits per heavy atom. The molecule has 4 nitrogen and oxygen atoms in total. The molecule has 5 heteroatoms. The van der Waals surface area contributed by atoms with E-state index in [1.54, 1.807) is 23.9 Å². The number of carboxylic acid groups (broad SMARTS) is 1. The van der Waals surface area contributed by atoms with Crippen molar-refractivity contribution < 1.29 is 14.7 Å². The van der Waals surface area contributed by atoms with Gasteiger partial charge < -0.3 is 10.4 Å². The summed E-state index contributed by atoms with van der Waals surface area (Å²) in [6, 6.07) is 6.21. The Morgan fingerprint density at radius 2 is 2.05 bits per heavy atom. The van der Waals surface area contributed by atoms with E-state index in [-0.39, 0.29) is 12.3 Å². The second kappa shape index (κ2) is 7.63. The summed E-state index contributed by atoms with van der Waals surface area (Å²) in [6.07, 6.45) is 3.68. The first-order chi connectivity index (χ1) is 9.08. The molecule has 1 aromatic rings. The van der Waals surface area contributed by atoms with E-state index in [1.165, 1.54) is 6.08 Å². The number of nitrogens with one attached hydrogen (secondary N) is 1. The van der Waals surface area contributed by atoms with Crippen molar-refractivity contribution in [2.24, 2.45) is 0 Å². The van der Waals surface area contributed by atoms with Crippen molar-refractivity contribution in [2.75, 3.05) is 6.26 Å². The van der Waals surface area contributed by atoms with Gasteiger partial charge in [0.2, 0.25) is 0 Å². The zero-order chi connectivity index (χ0) is 14.3. The van der Waals surface area contributed by atoms with Gasteiger partial charge in [-0.3, -0.25) is 4.79 Å². The number of benzene rings is 1. The van der Waals surface area contributed by atoms with Crippen LogP contribution in [0.25, 0.3) is 0 Å². The summed E-state index contributed by atoms with van der Waals surface area (Å²) in [5.74, 6) is -0.562. The van der Waals surface area contributed by atoms with Gasteiger partial charge in [0.15, 0.2) is 0 Å². The van der Waals surface area contributed by atoms with Crippen LogP contribution in [0.3, 0.4) is 0 Å². The molecule has 0 spiro atoms. The van der Waals surface area contributed by atoms with Gasteiger partial charge in [0.05, 0.1) is 0 Å². The molecule has 0 aliphatic carbocycles. The molecule has 0 saturated heterocycles. The fourth-order valence-corrected chi connectivity index (χ4v) is 2.07. The molecule has 0 radical (unpaired) electrons. The molecule has 19 heavy (non-hydrogen) atoms. The lowest BCUT2D eigenvalue weighted by atomic mass is 10.1. The molecule has 0 saturated carbocycles. The van der Waals surface area contributed by atoms with Crippen molar-refractivity contribution in [3.63, 3.8) is 0 Å². The number of hydrogen-bond acceptors (Lipinski definition) is 3. The Labute approximate surface area is 116 Å². The monoisotopic (exact) mass is 279 g/mol. The molecule has 0 aromatic heterocycles. The molecule has 0 heterocycles. The van der Waals surface area contributed by atoms with Crippen LogP contribution in [0, 0.1) is 0 Å². The van der Waals surface area contributed by atoms with Crippen LogP contribution in [0.15, 0.2) is 36.9 Å². The zero-order valence-corrected chi connectivity index (χ0v) is 11.6. The molecule has 1 amide bonds. The third kappa shape index (κ3) is 4.79. The number of carbonyl (C=O) groups excluding carboxylic acids is 1. The van der Waals surface area contributed by atoms with Crippen LogP contribution in [-0.4, -0.2) is 29.3 Å². The van der Waals surface area contributed by atoms with Gasteiger partial charge in [0.25, 0.3) is 5.91 Å². The highest BCUT2D eigenvalue weighted by atomic mass is 32.2. The van der Waals surface area contributed by atoms with Gasteiger partial charge in [0.1, 0.15) is 6.04 Å². The molecule has 1 unspecified atom stereocenters. The van der Waals surface area contributed by atoms with Crippen LogP contribution in [0.2, 0.25) is 0 Å². The van der Waals surface area contributed by atoms with Gasteiger partial charge in [0, 0.05) is 11.3 Å². The fraction of sp³-hybridized carbons (Fsp3) is 0.286. The maximum absolute atomic E-state index is 11.9. The van der Waals surface area contributed by atoms with Crippen LogP contribution in [0.5, 0.6) is 0 Å². The summed E-state index contributed by atoms with van der Waals surface area (Å²) in [5.41, 5.74) is 1.59. The van der Waals surface area contributed by atoms with Crippen molar-refractivity contribution in [1.29, 1.82) is 0 Å². The molecule has 1 atom stereocenters. The lowest BCUT2D eigenvalue weighted by Gasteiger charge is -2.12. The topological polar surface area (TPSA) is 66.4 Å². The van der Waals surface area contributed by atoms with Crippen LogP contribution >= 0.6 is 11.8 Å². The first-order valence-corrected chi connectivity index (χ1v) is 7.20. The fourth-order valence-electron chi connectivity index (χ4n) is 1.55. The Morgan fingerprint density at radius 3 is 2.53 bits per heavy atom. The Kier molecular flexibility index (Phi) is 6.15. The van der Waals surface area contributed by atoms with E-state index in [4.69, 9.17) is 5.11 Å². The summed E-state index contributed by atoms with van der Waals surface area (Å²) >= 11 is 1.70. The number of carboxylic acids is 1. The van der Waals surface area contributed by atoms with Gasteiger partial charge >= 0.3 is 5.97 Å². The van der Waals surface area contributed by atoms with Crippen molar-refractivity contribution >= 4 is 23.6 Å². The maximum atomic E-state index is 11.9. The van der Waals surface area contributed by atoms with Crippen LogP contribution in [0.4, 0.5) is 0 Å². The van der Waals surface area contributed by atoms with E-state index in [1.807, 2.05) is 18.4 Å². The number of aliphatic carboxylic acids is 1. The summed E-state index contributed by atoms with van der Waals surface area (Å²) < 4.78 is 0. The standard InChI is InChI=1S/C14H17NO3S/c1-3-4-12(14(17)18)15-13(16)11-7-5-10(6-8-11)9-19-2/h3,5-8,12H,1,4,9H2,2H3,(H,15,16)(H,17,18). The molecule has 102 valence electrons. The van der Waals surface area contributed by atoms with Crippen molar-refractivity contribution in [1.82, 2.24) is 5.32 Å². The molecular weight excluding hydrogens is 262 g/mol. The Balaban J connectivity index is 2.71. The van der Waals surface area contributed by atoms with Crippen molar-refractivity contribution in [3.05, 3.63) is 48.0 Å². The third-order valence-corrected chi connectivity index (χ3v) is 3.15. The highest BCUT2D eigenvalue weighted by Crippen LogP contribution is 2.10. The van der Waals surface area contributed by atoms with Crippen LogP contribution < -0.4 is 5.32 Å². The first kappa shape index (κ1) is 15.3. The lowest BCUT2D eigenvalue weighted by Crippen LogP contribution is -2.40. The van der Waals surface area contributed by atoms with Gasteiger partial charge in [-0.15, -0.1) is 6.58 Å². The molecule has 0 bridgehead atoms. The normalized spacial score (nSPS) is 11.6. The number of thioether (sulfide) groups is 1. The molecule has 2 N–H and O–H groups in total. The van der Waals surface area contributed by atoms with E-state index in [9.17, 15) is 9.59 Å². The minimum Gasteiger partial charge on any atom is -0.480 e. The second-order valence-corrected chi connectivity index (χ2v) is 4.88. The van der Waals surface area contributed by atoms with Crippen molar-refractivity contribution in [3.8, 4) is 0 Å². The average molecular weight is 279 g/mol. The number of amides is 1. The van der Waals surface area contributed by atoms with E-state index in [2.05, 4.69) is 11.9 Å². The Hall–Kier alpha value is -1.75. The predicted octanol–water partition coefficient (Wildman–Crippen LogP) is 2.31. The lowest BCUT2D eigenvalue weighted by molar-refractivity contribution is -0.139. The smallest absolute Gasteiger partial charge is 0.326 e. The van der Waals surface area contributed by atoms with E-state index in [0.717, 1.165) is 11.3 Å². The molecule has 0 aliphatic heterocycles. The summed E-state index contributed by atoms with van der Waals surface area (Å²) in [4.78, 5) is 22.8. The zero-order valence-electron chi connectivity index (χ0n) is 10.8. The Bertz CT molecular complexity index is 456. The maximum Gasteiger partial charge on any atom is 0.326 e. The average Bonchev–Trinajstić information content (AvgIpc) is 2.39.